The van der Waals surface area contributed by atoms with Crippen LogP contribution >= 0.6 is 23.4 Å². The molecule has 1 aromatic carbocycles. The van der Waals surface area contributed by atoms with Crippen LogP contribution in [0.3, 0.4) is 0 Å². The lowest BCUT2D eigenvalue weighted by Gasteiger charge is -2.37. The maximum atomic E-state index is 12.6. The van der Waals surface area contributed by atoms with E-state index in [1.165, 1.54) is 31.9 Å². The van der Waals surface area contributed by atoms with Crippen molar-refractivity contribution in [2.45, 2.75) is 51.0 Å². The van der Waals surface area contributed by atoms with Crippen LogP contribution < -0.4 is 0 Å². The summed E-state index contributed by atoms with van der Waals surface area (Å²) in [4.78, 5) is 38.7. The largest absolute Gasteiger partial charge is 0.468 e. The van der Waals surface area contributed by atoms with E-state index in [0.29, 0.717) is 30.1 Å². The maximum absolute atomic E-state index is 12.6. The Morgan fingerprint density at radius 2 is 1.93 bits per heavy atom. The van der Waals surface area contributed by atoms with Gasteiger partial charge in [0.15, 0.2) is 5.12 Å². The molecule has 1 aliphatic rings. The van der Waals surface area contributed by atoms with Crippen molar-refractivity contribution in [2.75, 3.05) is 20.2 Å². The third kappa shape index (κ3) is 6.86. The topological polar surface area (TPSA) is 72.9 Å². The average Bonchev–Trinajstić information content (AvgIpc) is 2.63. The number of methoxy groups -OCH3 is 1. The number of hydrogen-bond donors (Lipinski definition) is 0. The van der Waals surface area contributed by atoms with Gasteiger partial charge >= 0.3 is 11.9 Å². The fourth-order valence-electron chi connectivity index (χ4n) is 3.34. The molecule has 2 rings (SSSR count). The summed E-state index contributed by atoms with van der Waals surface area (Å²) < 4.78 is 10.5. The summed E-state index contributed by atoms with van der Waals surface area (Å²) in [6, 6.07) is 6.41. The number of nitrogens with zero attached hydrogens (tertiary/aromatic N) is 1. The SMILES string of the molecule is COC(=O)[C@H](c1ccccc1Cl)N1CCC(SC(C)=O)/C(=C\C(=O)OC(C)(C)C)C1. The van der Waals surface area contributed by atoms with E-state index in [0.717, 1.165) is 5.57 Å². The average molecular weight is 454 g/mol. The molecule has 1 aromatic rings. The number of ether oxygens (including phenoxy) is 2. The second-order valence-corrected chi connectivity index (χ2v) is 9.84. The van der Waals surface area contributed by atoms with Crippen molar-refractivity contribution in [3.63, 3.8) is 0 Å². The number of benzene rings is 1. The van der Waals surface area contributed by atoms with Crippen LogP contribution in [0.2, 0.25) is 5.02 Å². The Balaban J connectivity index is 2.37. The molecule has 1 heterocycles. The molecule has 2 atom stereocenters. The minimum atomic E-state index is -0.714. The van der Waals surface area contributed by atoms with Gasteiger partial charge in [0, 0.05) is 36.4 Å². The second-order valence-electron chi connectivity index (χ2n) is 8.06. The molecule has 6 nitrogen and oxygen atoms in total. The van der Waals surface area contributed by atoms with Crippen LogP contribution in [0.1, 0.15) is 45.7 Å². The van der Waals surface area contributed by atoms with Gasteiger partial charge in [0.05, 0.1) is 7.11 Å². The van der Waals surface area contributed by atoms with E-state index in [2.05, 4.69) is 0 Å². The highest BCUT2D eigenvalue weighted by molar-refractivity contribution is 8.14. The van der Waals surface area contributed by atoms with E-state index in [9.17, 15) is 14.4 Å². The maximum Gasteiger partial charge on any atom is 0.331 e. The van der Waals surface area contributed by atoms with Gasteiger partial charge in [-0.25, -0.2) is 9.59 Å². The third-order valence-corrected chi connectivity index (χ3v) is 5.98. The molecule has 1 fully saturated rings. The van der Waals surface area contributed by atoms with Crippen LogP contribution in [-0.4, -0.2) is 53.0 Å². The van der Waals surface area contributed by atoms with Gasteiger partial charge in [-0.2, -0.15) is 0 Å². The predicted octanol–water partition coefficient (Wildman–Crippen LogP) is 4.18. The van der Waals surface area contributed by atoms with E-state index >= 15 is 0 Å². The molecule has 0 N–H and O–H groups in total. The smallest absolute Gasteiger partial charge is 0.331 e. The summed E-state index contributed by atoms with van der Waals surface area (Å²) in [5.41, 5.74) is 0.745. The normalized spacial score (nSPS) is 19.9. The first-order valence-electron chi connectivity index (χ1n) is 9.68. The van der Waals surface area contributed by atoms with Crippen LogP contribution in [-0.2, 0) is 23.9 Å². The van der Waals surface area contributed by atoms with Crippen LogP contribution in [0.5, 0.6) is 0 Å². The van der Waals surface area contributed by atoms with Gasteiger partial charge in [-0.1, -0.05) is 41.6 Å². The lowest BCUT2D eigenvalue weighted by atomic mass is 9.98. The van der Waals surface area contributed by atoms with E-state index in [1.54, 1.807) is 39.0 Å². The summed E-state index contributed by atoms with van der Waals surface area (Å²) in [6.45, 7) is 7.75. The molecule has 0 spiro atoms. The van der Waals surface area contributed by atoms with Gasteiger partial charge in [0.1, 0.15) is 11.6 Å². The van der Waals surface area contributed by atoms with Gasteiger partial charge in [0.2, 0.25) is 0 Å². The zero-order valence-electron chi connectivity index (χ0n) is 17.9. The minimum absolute atomic E-state index is 0.0286. The zero-order valence-corrected chi connectivity index (χ0v) is 19.5. The van der Waals surface area contributed by atoms with Crippen molar-refractivity contribution < 1.29 is 23.9 Å². The molecule has 0 amide bonds. The fourth-order valence-corrected chi connectivity index (χ4v) is 4.50. The molecule has 0 bridgehead atoms. The van der Waals surface area contributed by atoms with E-state index in [-0.39, 0.29) is 10.4 Å². The molecule has 0 aromatic heterocycles. The molecule has 0 aliphatic carbocycles. The highest BCUT2D eigenvalue weighted by Gasteiger charge is 2.36. The fraction of sp³-hybridized carbons (Fsp3) is 0.500. The van der Waals surface area contributed by atoms with E-state index in [4.69, 9.17) is 21.1 Å². The third-order valence-electron chi connectivity index (χ3n) is 4.49. The Bertz CT molecular complexity index is 833. The summed E-state index contributed by atoms with van der Waals surface area (Å²) >= 11 is 7.54. The highest BCUT2D eigenvalue weighted by Crippen LogP contribution is 2.35. The monoisotopic (exact) mass is 453 g/mol. The number of carbonyl (C=O) groups is 3. The highest BCUT2D eigenvalue weighted by atomic mass is 35.5. The van der Waals surface area contributed by atoms with Gasteiger partial charge in [-0.15, -0.1) is 0 Å². The zero-order chi connectivity index (χ0) is 22.5. The molecular weight excluding hydrogens is 426 g/mol. The van der Waals surface area contributed by atoms with Crippen molar-refractivity contribution >= 4 is 40.4 Å². The lowest BCUT2D eigenvalue weighted by molar-refractivity contribution is -0.148. The van der Waals surface area contributed by atoms with Gasteiger partial charge in [-0.3, -0.25) is 9.69 Å². The van der Waals surface area contributed by atoms with Crippen LogP contribution in [0, 0.1) is 0 Å². The van der Waals surface area contributed by atoms with Crippen molar-refractivity contribution in [3.8, 4) is 0 Å². The molecule has 164 valence electrons. The molecule has 1 unspecified atom stereocenters. The van der Waals surface area contributed by atoms with Gasteiger partial charge in [-0.05, 0) is 44.4 Å². The number of carbonyl (C=O) groups excluding carboxylic acids is 3. The first-order chi connectivity index (χ1) is 14.0. The number of halogens is 1. The molecule has 1 aliphatic heterocycles. The first-order valence-corrected chi connectivity index (χ1v) is 10.9. The van der Waals surface area contributed by atoms with Crippen LogP contribution in [0.4, 0.5) is 0 Å². The number of thioether (sulfide) groups is 1. The van der Waals surface area contributed by atoms with E-state index in [1.807, 2.05) is 11.0 Å². The number of hydrogen-bond acceptors (Lipinski definition) is 7. The number of piperidine rings is 1. The number of likely N-dealkylation sites (tertiary alicyclic amines) is 1. The van der Waals surface area contributed by atoms with Crippen LogP contribution in [0.25, 0.3) is 0 Å². The summed E-state index contributed by atoms with van der Waals surface area (Å²) in [7, 11) is 1.34. The van der Waals surface area contributed by atoms with Gasteiger partial charge < -0.3 is 9.47 Å². The molecule has 0 saturated carbocycles. The Morgan fingerprint density at radius 3 is 2.50 bits per heavy atom. The molecule has 1 saturated heterocycles. The lowest BCUT2D eigenvalue weighted by Crippen LogP contribution is -2.43. The standard InChI is InChI=1S/C22H28ClNO5S/c1-14(25)30-18-10-11-24(13-15(18)12-19(26)29-22(2,3)4)20(21(27)28-5)16-8-6-7-9-17(16)23/h6-9,12,18,20H,10-11,13H2,1-5H3/b15-12-/t18?,20-/m0/s1. The predicted molar refractivity (Wildman–Crippen MR) is 118 cm³/mol. The summed E-state index contributed by atoms with van der Waals surface area (Å²) in [5.74, 6) is -0.904. The number of rotatable bonds is 5. The molecular formula is C22H28ClNO5S. The summed E-state index contributed by atoms with van der Waals surface area (Å²) in [6.07, 6.45) is 2.04. The Kier molecular flexibility index (Phi) is 8.52. The Hall–Kier alpha value is -1.83. The molecule has 30 heavy (non-hydrogen) atoms. The van der Waals surface area contributed by atoms with Crippen molar-refractivity contribution in [1.29, 1.82) is 0 Å². The van der Waals surface area contributed by atoms with Gasteiger partial charge in [0.25, 0.3) is 0 Å². The minimum Gasteiger partial charge on any atom is -0.468 e. The van der Waals surface area contributed by atoms with Crippen molar-refractivity contribution in [1.82, 2.24) is 4.90 Å². The quantitative estimate of drug-likeness (QED) is 0.489. The Morgan fingerprint density at radius 1 is 1.27 bits per heavy atom. The second kappa shape index (κ2) is 10.5. The van der Waals surface area contributed by atoms with E-state index < -0.39 is 23.6 Å². The van der Waals surface area contributed by atoms with Crippen molar-refractivity contribution in [2.24, 2.45) is 0 Å². The molecule has 0 radical (unpaired) electrons. The van der Waals surface area contributed by atoms with Crippen molar-refractivity contribution in [3.05, 3.63) is 46.5 Å². The summed E-state index contributed by atoms with van der Waals surface area (Å²) in [5, 5.41) is 0.278. The van der Waals surface area contributed by atoms with Crippen LogP contribution in [0.15, 0.2) is 35.9 Å². The number of esters is 2. The first kappa shape index (κ1) is 24.4. The molecule has 8 heteroatoms. The Labute approximate surface area is 186 Å².